The second-order valence-electron chi connectivity index (χ2n) is 26.5. The van der Waals surface area contributed by atoms with Crippen molar-refractivity contribution in [3.8, 4) is 87.2 Å². The first-order chi connectivity index (χ1) is 54.6. The molecule has 0 aliphatic heterocycles. The molecular formula is C88H97N3O20Si. The smallest absolute Gasteiger partial charge is 0.343 e. The number of hydrogen-bond acceptors (Lipinski definition) is 23. The molecule has 23 nitrogen and oxygen atoms in total. The number of hydrogen-bond donors (Lipinski definition) is 0. The van der Waals surface area contributed by atoms with E-state index in [0.717, 1.165) is 21.5 Å². The van der Waals surface area contributed by atoms with Gasteiger partial charge in [0.15, 0.2) is 40.2 Å². The maximum atomic E-state index is 13.2. The van der Waals surface area contributed by atoms with E-state index < -0.39 is 14.3 Å². The molecule has 0 amide bonds. The zero-order valence-electron chi connectivity index (χ0n) is 65.4. The molecule has 9 aromatic rings. The molecule has 0 spiro atoms. The molecule has 0 fully saturated rings. The molecule has 0 saturated carbocycles. The molecule has 0 aromatic heterocycles. The molecule has 588 valence electrons. The van der Waals surface area contributed by atoms with Crippen LogP contribution in [0.1, 0.15) is 92.3 Å². The van der Waals surface area contributed by atoms with Gasteiger partial charge in [-0.3, -0.25) is 0 Å². The van der Waals surface area contributed by atoms with E-state index in [0.29, 0.717) is 145 Å². The van der Waals surface area contributed by atoms with E-state index in [1.165, 1.54) is 0 Å². The molecule has 0 aliphatic rings. The van der Waals surface area contributed by atoms with Gasteiger partial charge in [-0.25, -0.2) is 4.79 Å². The van der Waals surface area contributed by atoms with E-state index in [1.807, 2.05) is 84.9 Å². The molecule has 24 heteroatoms. The van der Waals surface area contributed by atoms with Gasteiger partial charge < -0.3 is 89.7 Å². The number of carbonyl (C=O) groups is 1. The fourth-order valence-electron chi connectivity index (χ4n) is 13.1. The number of esters is 1. The van der Waals surface area contributed by atoms with Crippen LogP contribution in [0.4, 0.5) is 0 Å². The number of ether oxygens (including phenoxy) is 18. The lowest BCUT2D eigenvalue weighted by atomic mass is 9.93. The number of benzene rings is 9. The van der Waals surface area contributed by atoms with Crippen LogP contribution in [0.3, 0.4) is 0 Å². The quantitative estimate of drug-likeness (QED) is 0.0113. The van der Waals surface area contributed by atoms with Gasteiger partial charge in [0.05, 0.1) is 87.4 Å². The van der Waals surface area contributed by atoms with Crippen molar-refractivity contribution in [2.45, 2.75) is 64.5 Å². The van der Waals surface area contributed by atoms with E-state index in [4.69, 9.17) is 89.7 Å². The van der Waals surface area contributed by atoms with Gasteiger partial charge in [0, 0.05) is 115 Å². The third-order valence-corrected chi connectivity index (χ3v) is 23.4. The van der Waals surface area contributed by atoms with Gasteiger partial charge >= 0.3 is 5.97 Å². The zero-order valence-corrected chi connectivity index (χ0v) is 66.4. The molecule has 9 rings (SSSR count). The van der Waals surface area contributed by atoms with Crippen LogP contribution in [0.15, 0.2) is 170 Å². The zero-order chi connectivity index (χ0) is 79.7. The summed E-state index contributed by atoms with van der Waals surface area (Å²) in [5.74, 6) is 4.87. The van der Waals surface area contributed by atoms with Gasteiger partial charge in [-0.1, -0.05) is 99.6 Å². The molecule has 0 N–H and O–H groups in total. The van der Waals surface area contributed by atoms with E-state index >= 15 is 0 Å². The number of nitrogens with zero attached hydrogens (tertiary/aromatic N) is 3. The highest BCUT2D eigenvalue weighted by Crippen LogP contribution is 2.44. The molecule has 0 bridgehead atoms. The third kappa shape index (κ3) is 22.7. The van der Waals surface area contributed by atoms with Crippen molar-refractivity contribution < 1.29 is 94.5 Å². The average molecular weight is 1540 g/mol. The molecule has 0 saturated heterocycles. The molecule has 0 aliphatic carbocycles. The minimum Gasteiger partial charge on any atom is -0.496 e. The maximum Gasteiger partial charge on any atom is 0.343 e. The molecule has 0 heterocycles. The van der Waals surface area contributed by atoms with Crippen molar-refractivity contribution in [1.29, 1.82) is 15.8 Å². The molecule has 9 aromatic carbocycles. The predicted octanol–water partition coefficient (Wildman–Crippen LogP) is 13.7. The Bertz CT molecular complexity index is 4610. The van der Waals surface area contributed by atoms with Crippen LogP contribution in [0.5, 0.6) is 69.0 Å². The summed E-state index contributed by atoms with van der Waals surface area (Å²) >= 11 is 0. The lowest BCUT2D eigenvalue weighted by Gasteiger charge is -2.43. The monoisotopic (exact) mass is 1540 g/mol. The standard InChI is InChI=1S/C88H97N3O20Si/c1-88(2,3)112(74-23-17-13-18-24-74,75-25-19-14-20-26-75)110-57-72-56-81(100-11)67(55-86(72)109-60-103-40-37-95-6)43-69-48-78(97-8)65(52-83(69)106-34-31-91)45-71-50-80(99-10)66(54-85(71)108-59-102-39-36-94-5)42-68-47-77(96-7)64(51-82(68)105-33-30-90)44-70-49-79(98-9)63(53-84(70)107-58-101-38-35-93-4)41-62-46-73(27-28-76(62)104-32-29-89)111-87(92)61-21-15-12-16-22-61/h12-28,46-56H,32-45,57-60H2,1-11H3. The van der Waals surface area contributed by atoms with Crippen LogP contribution in [0.2, 0.25) is 5.04 Å². The highest BCUT2D eigenvalue weighted by molar-refractivity contribution is 6.99. The summed E-state index contributed by atoms with van der Waals surface area (Å²) in [4.78, 5) is 13.2. The van der Waals surface area contributed by atoms with Crippen molar-refractivity contribution >= 4 is 24.7 Å². The Balaban J connectivity index is 1.06. The number of rotatable bonds is 46. The number of nitriles is 3. The summed E-state index contributed by atoms with van der Waals surface area (Å²) < 4.78 is 116. The topological polar surface area (TPSA) is 264 Å². The lowest BCUT2D eigenvalue weighted by molar-refractivity contribution is -0.00931. The molecule has 0 atom stereocenters. The first kappa shape index (κ1) is 84.7. The highest BCUT2D eigenvalue weighted by atomic mass is 28.4. The largest absolute Gasteiger partial charge is 0.496 e. The van der Waals surface area contributed by atoms with Gasteiger partial charge in [-0.2, -0.15) is 15.8 Å². The fourth-order valence-corrected chi connectivity index (χ4v) is 17.6. The summed E-state index contributed by atoms with van der Waals surface area (Å²) in [6.45, 7) is 7.63. The van der Waals surface area contributed by atoms with E-state index in [2.05, 4.69) is 81.4 Å². The lowest BCUT2D eigenvalue weighted by Crippen LogP contribution is -2.66. The second kappa shape index (κ2) is 43.3. The Labute approximate surface area is 656 Å². The summed E-state index contributed by atoms with van der Waals surface area (Å²) in [6, 6.07) is 59.6. The normalized spacial score (nSPS) is 11.2. The van der Waals surface area contributed by atoms with E-state index in [9.17, 15) is 20.6 Å². The minimum atomic E-state index is -3.03. The summed E-state index contributed by atoms with van der Waals surface area (Å²) in [7, 11) is 9.67. The summed E-state index contributed by atoms with van der Waals surface area (Å²) in [5.41, 5.74) is 7.84. The first-order valence-electron chi connectivity index (χ1n) is 36.3. The van der Waals surface area contributed by atoms with Crippen LogP contribution in [0.25, 0.3) is 0 Å². The number of methoxy groups -OCH3 is 8. The molecular weight excluding hydrogens is 1450 g/mol. The molecule has 112 heavy (non-hydrogen) atoms. The first-order valence-corrected chi connectivity index (χ1v) is 38.2. The van der Waals surface area contributed by atoms with Crippen molar-refractivity contribution in [3.05, 3.63) is 237 Å². The average Bonchev–Trinajstić information content (AvgIpc) is 0.747. The number of carbonyl (C=O) groups excluding carboxylic acids is 1. The van der Waals surface area contributed by atoms with Crippen molar-refractivity contribution in [3.63, 3.8) is 0 Å². The van der Waals surface area contributed by atoms with Crippen LogP contribution in [0, 0.1) is 34.0 Å². The van der Waals surface area contributed by atoms with Gasteiger partial charge in [-0.15, -0.1) is 0 Å². The van der Waals surface area contributed by atoms with E-state index in [1.54, 1.807) is 99.3 Å². The Kier molecular flexibility index (Phi) is 32.7. The van der Waals surface area contributed by atoms with Crippen LogP contribution < -0.4 is 67.2 Å². The van der Waals surface area contributed by atoms with Gasteiger partial charge in [0.2, 0.25) is 0 Å². The summed E-state index contributed by atoms with van der Waals surface area (Å²) in [6.07, 6.45) is 1.05. The minimum absolute atomic E-state index is 0.0677. The van der Waals surface area contributed by atoms with Crippen LogP contribution in [-0.2, 0) is 71.6 Å². The van der Waals surface area contributed by atoms with Crippen molar-refractivity contribution in [2.24, 2.45) is 0 Å². The second-order valence-corrected chi connectivity index (χ2v) is 30.9. The van der Waals surface area contributed by atoms with Gasteiger partial charge in [-0.05, 0) is 106 Å². The SMILES string of the molecule is COCCOCOc1cc(Cc2cc(OC)c(Cc3cc(OC)c(Cc4cc(OC)c(Cc5cc(OC)c(Cc6cc(OC(=O)c7ccccc7)ccc6OCC#N)cc5OCOCCOC)cc4OCC#N)cc3OCOCCOC)cc2OCC#N)c(OC)cc1CO[Si](c1ccccc1)(c1ccccc1)C(C)(C)C. The van der Waals surface area contributed by atoms with Crippen LogP contribution >= 0.6 is 0 Å². The maximum absolute atomic E-state index is 13.2. The van der Waals surface area contributed by atoms with Gasteiger partial charge in [0.25, 0.3) is 8.32 Å². The van der Waals surface area contributed by atoms with Crippen molar-refractivity contribution in [1.82, 2.24) is 0 Å². The predicted molar refractivity (Wildman–Crippen MR) is 423 cm³/mol. The van der Waals surface area contributed by atoms with E-state index in [-0.39, 0.29) is 103 Å². The van der Waals surface area contributed by atoms with Crippen LogP contribution in [-0.4, -0.2) is 151 Å². The molecule has 0 unspecified atom stereocenters. The summed E-state index contributed by atoms with van der Waals surface area (Å²) in [5, 5.41) is 31.5. The fraction of sp³-hybridized carbons (Fsp3) is 0.341. The third-order valence-electron chi connectivity index (χ3n) is 18.4. The Morgan fingerprint density at radius 3 is 0.964 bits per heavy atom. The Hall–Kier alpha value is -11.3. The van der Waals surface area contributed by atoms with Gasteiger partial charge in [0.1, 0.15) is 87.2 Å². The Morgan fingerprint density at radius 1 is 0.339 bits per heavy atom. The highest BCUT2D eigenvalue weighted by Gasteiger charge is 2.50. The molecule has 0 radical (unpaired) electrons. The Morgan fingerprint density at radius 2 is 0.634 bits per heavy atom. The van der Waals surface area contributed by atoms with Crippen molar-refractivity contribution in [2.75, 3.05) is 137 Å².